The third kappa shape index (κ3) is 5.17. The third-order valence-corrected chi connectivity index (χ3v) is 2.78. The minimum Gasteiger partial charge on any atom is -0.480 e. The second-order valence-corrected chi connectivity index (χ2v) is 5.68. The Hall–Kier alpha value is -1.10. The van der Waals surface area contributed by atoms with Gasteiger partial charge in [0.15, 0.2) is 0 Å². The molecular weight excluding hydrogens is 220 g/mol. The van der Waals surface area contributed by atoms with E-state index in [0.717, 1.165) is 0 Å². The van der Waals surface area contributed by atoms with Crippen molar-refractivity contribution in [3.63, 3.8) is 0 Å². The van der Waals surface area contributed by atoms with Crippen LogP contribution in [0.1, 0.15) is 40.0 Å². The first-order valence-corrected chi connectivity index (χ1v) is 6.06. The lowest BCUT2D eigenvalue weighted by molar-refractivity contribution is -0.144. The van der Waals surface area contributed by atoms with Gasteiger partial charge in [-0.25, -0.2) is 4.79 Å². The van der Waals surface area contributed by atoms with E-state index in [9.17, 15) is 9.59 Å². The maximum Gasteiger partial charge on any atom is 0.326 e. The number of carbonyl (C=O) groups excluding carboxylic acids is 1. The number of carbonyl (C=O) groups is 2. The average molecular weight is 242 g/mol. The number of carboxylic acids is 1. The molecule has 0 aliphatic heterocycles. The molecule has 0 unspecified atom stereocenters. The first-order valence-electron chi connectivity index (χ1n) is 6.06. The molecule has 0 heterocycles. The van der Waals surface area contributed by atoms with E-state index in [2.05, 4.69) is 10.6 Å². The van der Waals surface area contributed by atoms with Gasteiger partial charge in [-0.05, 0) is 18.3 Å². The van der Waals surface area contributed by atoms with Crippen molar-refractivity contribution in [2.45, 2.75) is 52.1 Å². The number of aliphatic carboxylic acids is 1. The van der Waals surface area contributed by atoms with Crippen molar-refractivity contribution in [3.8, 4) is 0 Å². The zero-order valence-corrected chi connectivity index (χ0v) is 10.7. The van der Waals surface area contributed by atoms with Crippen molar-refractivity contribution in [2.75, 3.05) is 6.54 Å². The lowest BCUT2D eigenvalue weighted by Gasteiger charge is -2.27. The predicted molar refractivity (Wildman–Crippen MR) is 64.7 cm³/mol. The van der Waals surface area contributed by atoms with Gasteiger partial charge in [0, 0.05) is 19.0 Å². The Morgan fingerprint density at radius 1 is 1.35 bits per heavy atom. The Morgan fingerprint density at radius 3 is 2.35 bits per heavy atom. The molecule has 0 bridgehead atoms. The Morgan fingerprint density at radius 2 is 1.94 bits per heavy atom. The van der Waals surface area contributed by atoms with E-state index in [4.69, 9.17) is 5.11 Å². The first kappa shape index (κ1) is 14.0. The van der Waals surface area contributed by atoms with Crippen molar-refractivity contribution in [2.24, 2.45) is 5.41 Å². The second-order valence-electron chi connectivity index (χ2n) is 5.68. The molecule has 5 nitrogen and oxygen atoms in total. The molecule has 1 saturated carbocycles. The molecule has 0 saturated heterocycles. The van der Waals surface area contributed by atoms with Gasteiger partial charge in [0.25, 0.3) is 0 Å². The van der Waals surface area contributed by atoms with Crippen LogP contribution < -0.4 is 10.6 Å². The van der Waals surface area contributed by atoms with Crippen molar-refractivity contribution >= 4 is 11.9 Å². The number of hydrogen-bond donors (Lipinski definition) is 3. The molecule has 1 aliphatic carbocycles. The number of hydrogen-bond acceptors (Lipinski definition) is 3. The fourth-order valence-corrected chi connectivity index (χ4v) is 1.56. The topological polar surface area (TPSA) is 78.4 Å². The van der Waals surface area contributed by atoms with Crippen LogP contribution in [0.5, 0.6) is 0 Å². The maximum atomic E-state index is 11.6. The lowest BCUT2D eigenvalue weighted by Crippen LogP contribution is -2.49. The van der Waals surface area contributed by atoms with Gasteiger partial charge in [0.1, 0.15) is 6.04 Å². The summed E-state index contributed by atoms with van der Waals surface area (Å²) in [5.74, 6) is -1.19. The summed E-state index contributed by atoms with van der Waals surface area (Å²) in [5, 5.41) is 14.8. The van der Waals surface area contributed by atoms with Crippen molar-refractivity contribution in [1.82, 2.24) is 10.6 Å². The summed E-state index contributed by atoms with van der Waals surface area (Å²) in [5.41, 5.74) is -0.481. The number of nitrogens with one attached hydrogen (secondary N) is 2. The van der Waals surface area contributed by atoms with Crippen LogP contribution in [0.4, 0.5) is 0 Å². The molecule has 0 aromatic carbocycles. The molecule has 0 aromatic rings. The molecule has 1 aliphatic rings. The van der Waals surface area contributed by atoms with E-state index >= 15 is 0 Å². The molecule has 0 aromatic heterocycles. The van der Waals surface area contributed by atoms with Gasteiger partial charge in [0.05, 0.1) is 0 Å². The number of carboxylic acid groups (broad SMARTS) is 1. The summed E-state index contributed by atoms with van der Waals surface area (Å²) >= 11 is 0. The largest absolute Gasteiger partial charge is 0.480 e. The molecule has 1 atom stereocenters. The van der Waals surface area contributed by atoms with Crippen LogP contribution >= 0.6 is 0 Å². The van der Waals surface area contributed by atoms with Crippen molar-refractivity contribution < 1.29 is 14.7 Å². The fraction of sp³-hybridized carbons (Fsp3) is 0.833. The van der Waals surface area contributed by atoms with Crippen molar-refractivity contribution in [3.05, 3.63) is 0 Å². The summed E-state index contributed by atoms with van der Waals surface area (Å²) in [6.45, 7) is 6.02. The Bertz CT molecular complexity index is 293. The summed E-state index contributed by atoms with van der Waals surface area (Å²) in [4.78, 5) is 22.6. The van der Waals surface area contributed by atoms with E-state index in [1.54, 1.807) is 20.8 Å². The minimum atomic E-state index is -0.985. The van der Waals surface area contributed by atoms with Gasteiger partial charge in [-0.3, -0.25) is 4.79 Å². The number of rotatable bonds is 6. The van der Waals surface area contributed by atoms with Crippen LogP contribution in [-0.4, -0.2) is 35.6 Å². The Labute approximate surface area is 102 Å². The van der Waals surface area contributed by atoms with Crippen LogP contribution in [0, 0.1) is 5.41 Å². The van der Waals surface area contributed by atoms with Gasteiger partial charge >= 0.3 is 5.97 Å². The van der Waals surface area contributed by atoms with Crippen LogP contribution in [0.2, 0.25) is 0 Å². The summed E-state index contributed by atoms with van der Waals surface area (Å²) in [6.07, 6.45) is 2.69. The first-order chi connectivity index (χ1) is 7.80. The highest BCUT2D eigenvalue weighted by Gasteiger charge is 2.32. The summed E-state index contributed by atoms with van der Waals surface area (Å²) in [6, 6.07) is -0.267. The average Bonchev–Trinajstić information content (AvgIpc) is 2.95. The Kier molecular flexibility index (Phi) is 4.51. The van der Waals surface area contributed by atoms with Crippen LogP contribution in [0.15, 0.2) is 0 Å². The van der Waals surface area contributed by atoms with E-state index in [1.165, 1.54) is 12.8 Å². The summed E-state index contributed by atoms with van der Waals surface area (Å²) < 4.78 is 0. The molecule has 3 N–H and O–H groups in total. The molecule has 1 amide bonds. The zero-order chi connectivity index (χ0) is 13.1. The molecule has 0 spiro atoms. The molecule has 98 valence electrons. The zero-order valence-electron chi connectivity index (χ0n) is 10.7. The monoisotopic (exact) mass is 242 g/mol. The van der Waals surface area contributed by atoms with E-state index in [0.29, 0.717) is 19.0 Å². The smallest absolute Gasteiger partial charge is 0.326 e. The molecule has 1 rings (SSSR count). The standard InChI is InChI=1S/C12H22N2O3/c1-12(2,3)10(11(16)17)14-9(15)6-7-13-8-4-5-8/h8,10,13H,4-7H2,1-3H3,(H,14,15)(H,16,17)/t10-/m1/s1. The van der Waals surface area contributed by atoms with Gasteiger partial charge < -0.3 is 15.7 Å². The van der Waals surface area contributed by atoms with Crippen LogP contribution in [0.25, 0.3) is 0 Å². The Balaban J connectivity index is 2.32. The van der Waals surface area contributed by atoms with Crippen molar-refractivity contribution in [1.29, 1.82) is 0 Å². The van der Waals surface area contributed by atoms with Gasteiger partial charge in [0.2, 0.25) is 5.91 Å². The van der Waals surface area contributed by atoms with E-state index < -0.39 is 17.4 Å². The molecule has 17 heavy (non-hydrogen) atoms. The van der Waals surface area contributed by atoms with Gasteiger partial charge in [-0.1, -0.05) is 20.8 Å². The second kappa shape index (κ2) is 5.49. The third-order valence-electron chi connectivity index (χ3n) is 2.78. The van der Waals surface area contributed by atoms with E-state index in [1.807, 2.05) is 0 Å². The number of amides is 1. The molecule has 0 radical (unpaired) electrons. The normalized spacial score (nSPS) is 17.6. The highest BCUT2D eigenvalue weighted by atomic mass is 16.4. The highest BCUT2D eigenvalue weighted by molar-refractivity contribution is 5.84. The SMILES string of the molecule is CC(C)(C)[C@H](NC(=O)CCNC1CC1)C(=O)O. The van der Waals surface area contributed by atoms with Crippen LogP contribution in [-0.2, 0) is 9.59 Å². The predicted octanol–water partition coefficient (Wildman–Crippen LogP) is 0.744. The van der Waals surface area contributed by atoms with Gasteiger partial charge in [-0.2, -0.15) is 0 Å². The molecule has 5 heteroatoms. The minimum absolute atomic E-state index is 0.208. The van der Waals surface area contributed by atoms with Gasteiger partial charge in [-0.15, -0.1) is 0 Å². The summed E-state index contributed by atoms with van der Waals surface area (Å²) in [7, 11) is 0. The van der Waals surface area contributed by atoms with E-state index in [-0.39, 0.29) is 5.91 Å². The molecular formula is C12H22N2O3. The van der Waals surface area contributed by atoms with Crippen LogP contribution in [0.3, 0.4) is 0 Å². The maximum absolute atomic E-state index is 11.6. The quantitative estimate of drug-likeness (QED) is 0.642. The molecule has 1 fully saturated rings. The fourth-order valence-electron chi connectivity index (χ4n) is 1.56. The lowest BCUT2D eigenvalue weighted by atomic mass is 9.86. The highest BCUT2D eigenvalue weighted by Crippen LogP contribution is 2.20.